The smallest absolute Gasteiger partial charge is 0.309 e. The Kier molecular flexibility index (Phi) is 5.41. The lowest BCUT2D eigenvalue weighted by Gasteiger charge is -2.32. The minimum absolute atomic E-state index is 0.00481. The van der Waals surface area contributed by atoms with Gasteiger partial charge < -0.3 is 15.4 Å². The molecule has 1 atom stereocenters. The van der Waals surface area contributed by atoms with Crippen molar-refractivity contribution in [3.8, 4) is 0 Å². The van der Waals surface area contributed by atoms with Gasteiger partial charge in [-0.05, 0) is 26.2 Å². The van der Waals surface area contributed by atoms with Gasteiger partial charge in [0.15, 0.2) is 0 Å². The van der Waals surface area contributed by atoms with E-state index >= 15 is 0 Å². The third-order valence-corrected chi connectivity index (χ3v) is 3.18. The van der Waals surface area contributed by atoms with Crippen molar-refractivity contribution >= 4 is 11.9 Å². The molecule has 2 N–H and O–H groups in total. The zero-order valence-electron chi connectivity index (χ0n) is 10.6. The molecule has 1 aliphatic rings. The van der Waals surface area contributed by atoms with E-state index in [9.17, 15) is 9.59 Å². The van der Waals surface area contributed by atoms with E-state index in [-0.39, 0.29) is 17.8 Å². The molecule has 98 valence electrons. The van der Waals surface area contributed by atoms with Crippen LogP contribution < -0.4 is 5.73 Å². The monoisotopic (exact) mass is 242 g/mol. The first kappa shape index (κ1) is 14.0. The number of likely N-dealkylation sites (tertiary alicyclic amines) is 1. The highest BCUT2D eigenvalue weighted by Gasteiger charge is 2.29. The van der Waals surface area contributed by atoms with Gasteiger partial charge in [0, 0.05) is 13.1 Å². The summed E-state index contributed by atoms with van der Waals surface area (Å²) in [5.74, 6) is -0.203. The highest BCUT2D eigenvalue weighted by molar-refractivity contribution is 5.82. The van der Waals surface area contributed by atoms with Gasteiger partial charge in [-0.1, -0.05) is 6.92 Å². The van der Waals surface area contributed by atoms with Crippen LogP contribution in [0.4, 0.5) is 0 Å². The zero-order chi connectivity index (χ0) is 12.8. The molecule has 5 heteroatoms. The predicted molar refractivity (Wildman–Crippen MR) is 64.2 cm³/mol. The van der Waals surface area contributed by atoms with Crippen LogP contribution in [0.3, 0.4) is 0 Å². The minimum Gasteiger partial charge on any atom is -0.466 e. The van der Waals surface area contributed by atoms with Crippen LogP contribution in [-0.4, -0.2) is 42.5 Å². The molecule has 0 radical (unpaired) electrons. The Hall–Kier alpha value is -1.10. The third kappa shape index (κ3) is 3.70. The number of amides is 1. The molecule has 1 unspecified atom stereocenters. The first-order valence-corrected chi connectivity index (χ1v) is 6.31. The molecule has 1 aliphatic heterocycles. The second-order valence-corrected chi connectivity index (χ2v) is 4.37. The maximum atomic E-state index is 11.8. The molecule has 1 amide bonds. The molecule has 1 fully saturated rings. The number of rotatable bonds is 4. The molecule has 1 heterocycles. The fraction of sp³-hybridized carbons (Fsp3) is 0.833. The minimum atomic E-state index is -0.408. The Morgan fingerprint density at radius 1 is 1.35 bits per heavy atom. The summed E-state index contributed by atoms with van der Waals surface area (Å²) in [6, 6.07) is -0.408. The molecule has 0 spiro atoms. The van der Waals surface area contributed by atoms with E-state index in [4.69, 9.17) is 10.5 Å². The van der Waals surface area contributed by atoms with Crippen molar-refractivity contribution in [1.82, 2.24) is 4.90 Å². The SMILES string of the molecule is CCOC(=O)C1CCN(C(=O)C(N)CC)CC1. The molecule has 1 saturated heterocycles. The number of hydrogen-bond donors (Lipinski definition) is 1. The Balaban J connectivity index is 2.40. The summed E-state index contributed by atoms with van der Waals surface area (Å²) in [6.45, 7) is 5.33. The van der Waals surface area contributed by atoms with Gasteiger partial charge in [0.05, 0.1) is 18.6 Å². The van der Waals surface area contributed by atoms with E-state index in [1.165, 1.54) is 0 Å². The van der Waals surface area contributed by atoms with E-state index in [2.05, 4.69) is 0 Å². The Morgan fingerprint density at radius 2 is 1.94 bits per heavy atom. The van der Waals surface area contributed by atoms with Gasteiger partial charge in [-0.3, -0.25) is 9.59 Å². The van der Waals surface area contributed by atoms with Crippen molar-refractivity contribution < 1.29 is 14.3 Å². The van der Waals surface area contributed by atoms with E-state index in [1.807, 2.05) is 6.92 Å². The first-order valence-electron chi connectivity index (χ1n) is 6.31. The van der Waals surface area contributed by atoms with Crippen LogP contribution in [-0.2, 0) is 14.3 Å². The highest BCUT2D eigenvalue weighted by Crippen LogP contribution is 2.19. The number of ether oxygens (including phenoxy) is 1. The largest absolute Gasteiger partial charge is 0.466 e. The molecule has 0 aromatic rings. The number of esters is 1. The van der Waals surface area contributed by atoms with Gasteiger partial charge in [0.1, 0.15) is 0 Å². The normalized spacial score (nSPS) is 18.9. The van der Waals surface area contributed by atoms with Crippen LogP contribution >= 0.6 is 0 Å². The number of hydrogen-bond acceptors (Lipinski definition) is 4. The Labute approximate surface area is 102 Å². The molecule has 0 saturated carbocycles. The van der Waals surface area contributed by atoms with Crippen molar-refractivity contribution in [1.29, 1.82) is 0 Å². The van der Waals surface area contributed by atoms with Crippen molar-refractivity contribution in [3.05, 3.63) is 0 Å². The summed E-state index contributed by atoms with van der Waals surface area (Å²) in [6.07, 6.45) is 2.01. The molecule has 0 aromatic carbocycles. The second-order valence-electron chi connectivity index (χ2n) is 4.37. The quantitative estimate of drug-likeness (QED) is 0.730. The Morgan fingerprint density at radius 3 is 2.41 bits per heavy atom. The standard InChI is InChI=1S/C12H22N2O3/c1-3-10(13)11(15)14-7-5-9(6-8-14)12(16)17-4-2/h9-10H,3-8,13H2,1-2H3. The lowest BCUT2D eigenvalue weighted by Crippen LogP contribution is -2.47. The zero-order valence-corrected chi connectivity index (χ0v) is 10.6. The van der Waals surface area contributed by atoms with Gasteiger partial charge in [-0.2, -0.15) is 0 Å². The van der Waals surface area contributed by atoms with Crippen molar-refractivity contribution in [2.75, 3.05) is 19.7 Å². The Bertz CT molecular complexity index is 273. The number of carbonyl (C=O) groups excluding carboxylic acids is 2. The van der Waals surface area contributed by atoms with Crippen LogP contribution in [0, 0.1) is 5.92 Å². The summed E-state index contributed by atoms with van der Waals surface area (Å²) in [4.78, 5) is 25.1. The van der Waals surface area contributed by atoms with E-state index in [1.54, 1.807) is 11.8 Å². The molecule has 17 heavy (non-hydrogen) atoms. The van der Waals surface area contributed by atoms with Gasteiger partial charge >= 0.3 is 5.97 Å². The molecule has 0 bridgehead atoms. The van der Waals surface area contributed by atoms with E-state index in [0.717, 1.165) is 0 Å². The lowest BCUT2D eigenvalue weighted by atomic mass is 9.96. The fourth-order valence-corrected chi connectivity index (χ4v) is 2.00. The highest BCUT2D eigenvalue weighted by atomic mass is 16.5. The van der Waals surface area contributed by atoms with Crippen LogP contribution in [0.2, 0.25) is 0 Å². The third-order valence-electron chi connectivity index (χ3n) is 3.18. The van der Waals surface area contributed by atoms with Crippen molar-refractivity contribution in [2.24, 2.45) is 11.7 Å². The molecule has 0 aromatic heterocycles. The summed E-state index contributed by atoms with van der Waals surface area (Å²) < 4.78 is 4.98. The molecule has 5 nitrogen and oxygen atoms in total. The number of piperidine rings is 1. The molecule has 1 rings (SSSR count). The van der Waals surface area contributed by atoms with Gasteiger partial charge in [0.25, 0.3) is 0 Å². The summed E-state index contributed by atoms with van der Waals surface area (Å²) in [5.41, 5.74) is 5.71. The van der Waals surface area contributed by atoms with Crippen molar-refractivity contribution in [2.45, 2.75) is 39.2 Å². The maximum Gasteiger partial charge on any atom is 0.309 e. The van der Waals surface area contributed by atoms with E-state index < -0.39 is 6.04 Å². The second kappa shape index (κ2) is 6.59. The number of carbonyl (C=O) groups is 2. The topological polar surface area (TPSA) is 72.6 Å². The van der Waals surface area contributed by atoms with Crippen LogP contribution in [0.25, 0.3) is 0 Å². The molecular formula is C12H22N2O3. The van der Waals surface area contributed by atoms with Gasteiger partial charge in [0.2, 0.25) is 5.91 Å². The average molecular weight is 242 g/mol. The van der Waals surface area contributed by atoms with Crippen molar-refractivity contribution in [3.63, 3.8) is 0 Å². The first-order chi connectivity index (χ1) is 8.10. The summed E-state index contributed by atoms with van der Waals surface area (Å²) in [5, 5.41) is 0. The molecule has 0 aliphatic carbocycles. The van der Waals surface area contributed by atoms with E-state index in [0.29, 0.717) is 39.0 Å². The fourth-order valence-electron chi connectivity index (χ4n) is 2.00. The molecular weight excluding hydrogens is 220 g/mol. The summed E-state index contributed by atoms with van der Waals surface area (Å²) in [7, 11) is 0. The van der Waals surface area contributed by atoms with Crippen LogP contribution in [0.1, 0.15) is 33.1 Å². The summed E-state index contributed by atoms with van der Waals surface area (Å²) >= 11 is 0. The van der Waals surface area contributed by atoms with Crippen LogP contribution in [0.15, 0.2) is 0 Å². The number of nitrogens with zero attached hydrogens (tertiary/aromatic N) is 1. The van der Waals surface area contributed by atoms with Gasteiger partial charge in [-0.25, -0.2) is 0 Å². The van der Waals surface area contributed by atoms with Crippen LogP contribution in [0.5, 0.6) is 0 Å². The average Bonchev–Trinajstić information content (AvgIpc) is 2.37. The predicted octanol–water partition coefficient (Wildman–Crippen LogP) is 0.525. The number of nitrogens with two attached hydrogens (primary N) is 1. The maximum absolute atomic E-state index is 11.8. The van der Waals surface area contributed by atoms with Gasteiger partial charge in [-0.15, -0.1) is 0 Å². The lowest BCUT2D eigenvalue weighted by molar-refractivity contribution is -0.151.